The molecule has 0 aromatic heterocycles. The Morgan fingerprint density at radius 2 is 2.27 bits per heavy atom. The summed E-state index contributed by atoms with van der Waals surface area (Å²) < 4.78 is 8.89. The quantitative estimate of drug-likeness (QED) is 0.272. The first-order chi connectivity index (χ1) is 5.31. The zero-order valence-electron chi connectivity index (χ0n) is 6.50. The van der Waals surface area contributed by atoms with Crippen molar-refractivity contribution in [2.75, 3.05) is 13.3 Å². The number of hydroxylamine groups is 1. The van der Waals surface area contributed by atoms with E-state index in [9.17, 15) is 4.79 Å². The molecule has 11 heavy (non-hydrogen) atoms. The number of carbonyl (C=O) groups is 1. The molecule has 66 valence electrons. The van der Waals surface area contributed by atoms with Crippen LogP contribution in [0.2, 0.25) is 0 Å². The van der Waals surface area contributed by atoms with Crippen LogP contribution in [0.4, 0.5) is 4.79 Å². The van der Waals surface area contributed by atoms with Crippen molar-refractivity contribution in [1.82, 2.24) is 5.48 Å². The molecule has 0 aromatic carbocycles. The lowest BCUT2D eigenvalue weighted by Gasteiger charge is -2.03. The lowest BCUT2D eigenvalue weighted by Crippen LogP contribution is -2.18. The fourth-order valence-electron chi connectivity index (χ4n) is 0.433. The molecule has 0 aliphatic rings. The van der Waals surface area contributed by atoms with Crippen LogP contribution in [-0.2, 0) is 9.47 Å². The molecule has 0 unspecified atom stereocenters. The highest BCUT2D eigenvalue weighted by Gasteiger charge is 2.00. The molecule has 0 radical (unpaired) electrons. The van der Waals surface area contributed by atoms with Gasteiger partial charge in [-0.15, -0.1) is 0 Å². The zero-order valence-corrected chi connectivity index (χ0v) is 6.50. The summed E-state index contributed by atoms with van der Waals surface area (Å²) in [7, 11) is 0. The molecular weight excluding hydrogens is 150 g/mol. The lowest BCUT2D eigenvalue weighted by molar-refractivity contribution is 0.0105. The van der Waals surface area contributed by atoms with E-state index in [4.69, 9.17) is 5.21 Å². The van der Waals surface area contributed by atoms with Gasteiger partial charge in [-0.05, 0) is 6.42 Å². The number of unbranched alkanes of at least 4 members (excludes halogenated alkanes) is 1. The molecule has 0 amide bonds. The summed E-state index contributed by atoms with van der Waals surface area (Å²) in [4.78, 5) is 10.5. The first-order valence-electron chi connectivity index (χ1n) is 3.47. The predicted octanol–water partition coefficient (Wildman–Crippen LogP) is 0.876. The van der Waals surface area contributed by atoms with E-state index in [1.54, 1.807) is 5.48 Å². The summed E-state index contributed by atoms with van der Waals surface area (Å²) in [5.41, 5.74) is 1.67. The molecule has 5 nitrogen and oxygen atoms in total. The summed E-state index contributed by atoms with van der Waals surface area (Å²) in [5.74, 6) is 0. The molecule has 0 rings (SSSR count). The van der Waals surface area contributed by atoms with E-state index in [0.29, 0.717) is 6.61 Å². The first-order valence-corrected chi connectivity index (χ1v) is 3.47. The Kier molecular flexibility index (Phi) is 6.76. The molecule has 0 heterocycles. The maximum Gasteiger partial charge on any atom is 0.509 e. The average molecular weight is 163 g/mol. The van der Waals surface area contributed by atoms with Crippen molar-refractivity contribution in [3.63, 3.8) is 0 Å². The number of nitrogens with one attached hydrogen (secondary N) is 1. The highest BCUT2D eigenvalue weighted by molar-refractivity contribution is 5.59. The van der Waals surface area contributed by atoms with Gasteiger partial charge in [0.1, 0.15) is 0 Å². The molecule has 0 spiro atoms. The van der Waals surface area contributed by atoms with Crippen molar-refractivity contribution in [2.24, 2.45) is 0 Å². The average Bonchev–Trinajstić information content (AvgIpc) is 2.01. The zero-order chi connectivity index (χ0) is 8.53. The van der Waals surface area contributed by atoms with Gasteiger partial charge in [-0.3, -0.25) is 0 Å². The van der Waals surface area contributed by atoms with Gasteiger partial charge in [0.05, 0.1) is 6.61 Å². The van der Waals surface area contributed by atoms with Gasteiger partial charge in [0.2, 0.25) is 0 Å². The SMILES string of the molecule is CCCCOC(=O)OCNO. The Bertz CT molecular complexity index is 107. The normalized spacial score (nSPS) is 9.27. The highest BCUT2D eigenvalue weighted by Crippen LogP contribution is 1.90. The van der Waals surface area contributed by atoms with Crippen molar-refractivity contribution in [2.45, 2.75) is 19.8 Å². The van der Waals surface area contributed by atoms with Gasteiger partial charge in [0, 0.05) is 0 Å². The third-order valence-electron chi connectivity index (χ3n) is 0.972. The van der Waals surface area contributed by atoms with Gasteiger partial charge in [-0.1, -0.05) is 13.3 Å². The van der Waals surface area contributed by atoms with E-state index >= 15 is 0 Å². The van der Waals surface area contributed by atoms with E-state index in [1.807, 2.05) is 6.92 Å². The van der Waals surface area contributed by atoms with E-state index < -0.39 is 6.16 Å². The Hall–Kier alpha value is -0.810. The first kappa shape index (κ1) is 10.2. The third kappa shape index (κ3) is 7.08. The van der Waals surface area contributed by atoms with Crippen LogP contribution in [0.3, 0.4) is 0 Å². The molecule has 2 N–H and O–H groups in total. The maximum absolute atomic E-state index is 10.5. The van der Waals surface area contributed by atoms with Gasteiger partial charge in [0.15, 0.2) is 6.73 Å². The number of hydrogen-bond acceptors (Lipinski definition) is 5. The van der Waals surface area contributed by atoms with Gasteiger partial charge < -0.3 is 14.7 Å². The molecule has 0 bridgehead atoms. The second-order valence-electron chi connectivity index (χ2n) is 1.90. The van der Waals surface area contributed by atoms with E-state index in [2.05, 4.69) is 9.47 Å². The third-order valence-corrected chi connectivity index (χ3v) is 0.972. The number of ether oxygens (including phenoxy) is 2. The van der Waals surface area contributed by atoms with Gasteiger partial charge in [0.25, 0.3) is 0 Å². The highest BCUT2D eigenvalue weighted by atomic mass is 16.7. The molecule has 0 aromatic rings. The van der Waals surface area contributed by atoms with Crippen LogP contribution < -0.4 is 5.48 Å². The summed E-state index contributed by atoms with van der Waals surface area (Å²) in [6.07, 6.45) is 1.02. The summed E-state index contributed by atoms with van der Waals surface area (Å²) >= 11 is 0. The van der Waals surface area contributed by atoms with E-state index in [1.165, 1.54) is 0 Å². The molecule has 0 fully saturated rings. The summed E-state index contributed by atoms with van der Waals surface area (Å²) in [6.45, 7) is 2.11. The van der Waals surface area contributed by atoms with Crippen molar-refractivity contribution in [1.29, 1.82) is 0 Å². The second-order valence-corrected chi connectivity index (χ2v) is 1.90. The molecule has 0 atom stereocenters. The molecule has 0 saturated carbocycles. The summed E-state index contributed by atoms with van der Waals surface area (Å²) in [6, 6.07) is 0. The molecular formula is C6H13NO4. The maximum atomic E-state index is 10.5. The Balaban J connectivity index is 3.09. The minimum Gasteiger partial charge on any atom is -0.434 e. The minimum atomic E-state index is -0.764. The van der Waals surface area contributed by atoms with Crippen molar-refractivity contribution in [3.8, 4) is 0 Å². The van der Waals surface area contributed by atoms with Crippen LogP contribution in [0.25, 0.3) is 0 Å². The Morgan fingerprint density at radius 3 is 2.82 bits per heavy atom. The van der Waals surface area contributed by atoms with Crippen LogP contribution in [0.15, 0.2) is 0 Å². The van der Waals surface area contributed by atoms with Crippen LogP contribution >= 0.6 is 0 Å². The molecule has 0 saturated heterocycles. The van der Waals surface area contributed by atoms with Crippen LogP contribution in [0, 0.1) is 0 Å². The van der Waals surface area contributed by atoms with Crippen molar-refractivity contribution in [3.05, 3.63) is 0 Å². The van der Waals surface area contributed by atoms with Gasteiger partial charge in [-0.25, -0.2) is 4.79 Å². The van der Waals surface area contributed by atoms with Crippen LogP contribution in [-0.4, -0.2) is 24.7 Å². The van der Waals surface area contributed by atoms with Crippen LogP contribution in [0.5, 0.6) is 0 Å². The number of carbonyl (C=O) groups excluding carboxylic acids is 1. The molecule has 0 aliphatic heterocycles. The van der Waals surface area contributed by atoms with Crippen LogP contribution in [0.1, 0.15) is 19.8 Å². The monoisotopic (exact) mass is 163 g/mol. The van der Waals surface area contributed by atoms with Gasteiger partial charge in [-0.2, -0.15) is 5.48 Å². The molecule has 0 aliphatic carbocycles. The smallest absolute Gasteiger partial charge is 0.434 e. The van der Waals surface area contributed by atoms with Gasteiger partial charge >= 0.3 is 6.16 Å². The molecule has 5 heteroatoms. The fourth-order valence-corrected chi connectivity index (χ4v) is 0.433. The van der Waals surface area contributed by atoms with Crippen molar-refractivity contribution < 1.29 is 19.5 Å². The second kappa shape index (κ2) is 7.30. The number of rotatable bonds is 5. The van der Waals surface area contributed by atoms with E-state index in [-0.39, 0.29) is 6.73 Å². The van der Waals surface area contributed by atoms with E-state index in [0.717, 1.165) is 12.8 Å². The summed E-state index contributed by atoms with van der Waals surface area (Å²) in [5, 5.41) is 8.00. The Labute approximate surface area is 65.3 Å². The minimum absolute atomic E-state index is 0.245. The largest absolute Gasteiger partial charge is 0.509 e. The number of hydrogen-bond donors (Lipinski definition) is 2. The Morgan fingerprint density at radius 1 is 1.55 bits per heavy atom. The fraction of sp³-hybridized carbons (Fsp3) is 0.833. The standard InChI is InChI=1S/C6H13NO4/c1-2-3-4-10-6(8)11-5-7-9/h7,9H,2-5H2,1H3. The predicted molar refractivity (Wildman–Crippen MR) is 37.1 cm³/mol. The lowest BCUT2D eigenvalue weighted by atomic mass is 10.4. The van der Waals surface area contributed by atoms with Crippen molar-refractivity contribution >= 4 is 6.16 Å². The topological polar surface area (TPSA) is 67.8 Å².